The number of carboxylic acid groups (broad SMARTS) is 1. The summed E-state index contributed by atoms with van der Waals surface area (Å²) in [6, 6.07) is 8.38. The highest BCUT2D eigenvalue weighted by molar-refractivity contribution is 5.88. The second-order valence-corrected chi connectivity index (χ2v) is 3.48. The van der Waals surface area contributed by atoms with Crippen molar-refractivity contribution >= 4 is 5.97 Å². The van der Waals surface area contributed by atoms with Crippen molar-refractivity contribution in [1.82, 2.24) is 4.98 Å². The highest BCUT2D eigenvalue weighted by Gasteiger charge is 2.16. The van der Waals surface area contributed by atoms with Gasteiger partial charge in [0.05, 0.1) is 0 Å². The molecule has 2 rings (SSSR count). The van der Waals surface area contributed by atoms with Gasteiger partial charge in [-0.2, -0.15) is 5.26 Å². The first-order chi connectivity index (χ1) is 9.13. The van der Waals surface area contributed by atoms with Crippen molar-refractivity contribution in [3.05, 3.63) is 53.6 Å². The van der Waals surface area contributed by atoms with Crippen LogP contribution in [-0.4, -0.2) is 16.1 Å². The van der Waals surface area contributed by atoms with E-state index in [-0.39, 0.29) is 22.8 Å². The molecule has 0 unspecified atom stereocenters. The molecule has 0 amide bonds. The van der Waals surface area contributed by atoms with Gasteiger partial charge in [0, 0.05) is 6.20 Å². The fourth-order valence-corrected chi connectivity index (χ4v) is 1.45. The summed E-state index contributed by atoms with van der Waals surface area (Å²) in [5, 5.41) is 17.8. The highest BCUT2D eigenvalue weighted by atomic mass is 19.1. The zero-order valence-corrected chi connectivity index (χ0v) is 9.50. The lowest BCUT2D eigenvalue weighted by atomic mass is 10.2. The molecule has 94 valence electrons. The minimum Gasteiger partial charge on any atom is -0.476 e. The maximum Gasteiger partial charge on any atom is 0.358 e. The Balaban J connectivity index is 2.46. The normalized spacial score (nSPS) is 9.68. The van der Waals surface area contributed by atoms with Crippen molar-refractivity contribution in [2.75, 3.05) is 0 Å². The van der Waals surface area contributed by atoms with Crippen molar-refractivity contribution in [2.45, 2.75) is 0 Å². The molecular weight excluding hydrogens is 251 g/mol. The van der Waals surface area contributed by atoms with Gasteiger partial charge in [0.25, 0.3) is 0 Å². The second-order valence-electron chi connectivity index (χ2n) is 3.48. The molecule has 19 heavy (non-hydrogen) atoms. The Hall–Kier alpha value is -2.94. The zero-order chi connectivity index (χ0) is 13.8. The van der Waals surface area contributed by atoms with Gasteiger partial charge in [-0.25, -0.2) is 14.2 Å². The third-order valence-electron chi connectivity index (χ3n) is 2.28. The molecule has 0 aliphatic rings. The van der Waals surface area contributed by atoms with Gasteiger partial charge in [-0.3, -0.25) is 0 Å². The summed E-state index contributed by atoms with van der Waals surface area (Å²) in [4.78, 5) is 14.6. The first kappa shape index (κ1) is 12.5. The van der Waals surface area contributed by atoms with E-state index >= 15 is 0 Å². The zero-order valence-electron chi connectivity index (χ0n) is 9.50. The van der Waals surface area contributed by atoms with Crippen LogP contribution in [0.2, 0.25) is 0 Å². The first-order valence-electron chi connectivity index (χ1n) is 5.18. The fraction of sp³-hybridized carbons (Fsp3) is 0. The molecular formula is C13H7FN2O3. The lowest BCUT2D eigenvalue weighted by Crippen LogP contribution is -2.03. The number of hydrogen-bond acceptors (Lipinski definition) is 4. The lowest BCUT2D eigenvalue weighted by molar-refractivity contribution is 0.0687. The maximum atomic E-state index is 13.4. The van der Waals surface area contributed by atoms with Crippen molar-refractivity contribution in [1.29, 1.82) is 5.26 Å². The predicted molar refractivity (Wildman–Crippen MR) is 62.4 cm³/mol. The summed E-state index contributed by atoms with van der Waals surface area (Å²) < 4.78 is 18.6. The molecule has 5 nitrogen and oxygen atoms in total. The molecule has 0 fully saturated rings. The monoisotopic (exact) mass is 258 g/mol. The number of ether oxygens (including phenoxy) is 1. The number of carbonyl (C=O) groups is 1. The average Bonchev–Trinajstić information content (AvgIpc) is 2.39. The van der Waals surface area contributed by atoms with Gasteiger partial charge in [-0.15, -0.1) is 0 Å². The Kier molecular flexibility index (Phi) is 3.39. The number of nitriles is 1. The summed E-state index contributed by atoms with van der Waals surface area (Å²) in [5.74, 6) is -2.12. The van der Waals surface area contributed by atoms with Gasteiger partial charge in [0.15, 0.2) is 11.4 Å². The summed E-state index contributed by atoms with van der Waals surface area (Å²) in [6.45, 7) is 0. The summed E-state index contributed by atoms with van der Waals surface area (Å²) >= 11 is 0. The van der Waals surface area contributed by atoms with E-state index in [1.54, 1.807) is 6.07 Å². The van der Waals surface area contributed by atoms with E-state index in [0.717, 1.165) is 6.07 Å². The van der Waals surface area contributed by atoms with Crippen LogP contribution in [0.1, 0.15) is 16.1 Å². The Bertz CT molecular complexity index is 680. The van der Waals surface area contributed by atoms with Crippen LogP contribution in [0.25, 0.3) is 0 Å². The fourth-order valence-electron chi connectivity index (χ4n) is 1.45. The number of aromatic carboxylic acids is 1. The first-order valence-corrected chi connectivity index (χ1v) is 5.18. The van der Waals surface area contributed by atoms with E-state index in [2.05, 4.69) is 4.98 Å². The molecule has 0 aliphatic carbocycles. The Morgan fingerprint density at radius 1 is 1.32 bits per heavy atom. The van der Waals surface area contributed by atoms with E-state index in [9.17, 15) is 9.18 Å². The molecule has 1 aromatic carbocycles. The van der Waals surface area contributed by atoms with Gasteiger partial charge in [-0.05, 0) is 24.3 Å². The van der Waals surface area contributed by atoms with Crippen LogP contribution < -0.4 is 4.74 Å². The number of hydrogen-bond donors (Lipinski definition) is 1. The van der Waals surface area contributed by atoms with Crippen molar-refractivity contribution in [3.8, 4) is 17.6 Å². The Morgan fingerprint density at radius 2 is 2.05 bits per heavy atom. The van der Waals surface area contributed by atoms with Crippen molar-refractivity contribution in [3.63, 3.8) is 0 Å². The molecule has 0 saturated carbocycles. The van der Waals surface area contributed by atoms with E-state index in [0.29, 0.717) is 0 Å². The summed E-state index contributed by atoms with van der Waals surface area (Å²) in [7, 11) is 0. The van der Waals surface area contributed by atoms with Crippen LogP contribution in [0.4, 0.5) is 4.39 Å². The van der Waals surface area contributed by atoms with Crippen LogP contribution in [0.3, 0.4) is 0 Å². The van der Waals surface area contributed by atoms with E-state index < -0.39 is 11.8 Å². The molecule has 1 N–H and O–H groups in total. The molecule has 0 bridgehead atoms. The molecule has 0 spiro atoms. The van der Waals surface area contributed by atoms with Crippen LogP contribution >= 0.6 is 0 Å². The minimum atomic E-state index is -1.27. The van der Waals surface area contributed by atoms with Crippen LogP contribution in [0, 0.1) is 17.1 Å². The van der Waals surface area contributed by atoms with Gasteiger partial charge in [-0.1, -0.05) is 6.07 Å². The largest absolute Gasteiger partial charge is 0.476 e. The number of halogens is 1. The number of carboxylic acids is 1. The quantitative estimate of drug-likeness (QED) is 0.914. The third kappa shape index (κ3) is 2.50. The van der Waals surface area contributed by atoms with Crippen LogP contribution in [0.5, 0.6) is 11.5 Å². The van der Waals surface area contributed by atoms with Gasteiger partial charge in [0.1, 0.15) is 23.2 Å². The van der Waals surface area contributed by atoms with E-state index in [4.69, 9.17) is 15.1 Å². The van der Waals surface area contributed by atoms with Crippen LogP contribution in [0.15, 0.2) is 36.5 Å². The predicted octanol–water partition coefficient (Wildman–Crippen LogP) is 2.58. The molecule has 0 atom stereocenters. The Labute approximate surface area is 107 Å². The van der Waals surface area contributed by atoms with E-state index in [1.165, 1.54) is 30.5 Å². The van der Waals surface area contributed by atoms with Gasteiger partial charge >= 0.3 is 5.97 Å². The number of rotatable bonds is 3. The molecule has 2 aromatic rings. The Morgan fingerprint density at radius 3 is 2.74 bits per heavy atom. The highest BCUT2D eigenvalue weighted by Crippen LogP contribution is 2.28. The second kappa shape index (κ2) is 5.14. The van der Waals surface area contributed by atoms with E-state index in [1.807, 2.05) is 0 Å². The smallest absolute Gasteiger partial charge is 0.358 e. The number of aromatic nitrogens is 1. The number of benzene rings is 1. The lowest BCUT2D eigenvalue weighted by Gasteiger charge is -2.09. The molecule has 0 radical (unpaired) electrons. The number of pyridine rings is 1. The van der Waals surface area contributed by atoms with Crippen molar-refractivity contribution < 1.29 is 19.0 Å². The minimum absolute atomic E-state index is 0.0574. The summed E-state index contributed by atoms with van der Waals surface area (Å²) in [6.07, 6.45) is 1.30. The standard InChI is InChI=1S/C13H7FN2O3/c14-9-3-1-4-10(8(9)7-15)19-11-5-2-6-16-12(11)13(17)18/h1-6H,(H,17,18). The topological polar surface area (TPSA) is 83.2 Å². The van der Waals surface area contributed by atoms with Gasteiger partial charge < -0.3 is 9.84 Å². The molecule has 0 aliphatic heterocycles. The molecule has 6 heteroatoms. The molecule has 0 saturated heterocycles. The maximum absolute atomic E-state index is 13.4. The molecule has 1 aromatic heterocycles. The van der Waals surface area contributed by atoms with Crippen LogP contribution in [-0.2, 0) is 0 Å². The number of nitrogens with zero attached hydrogens (tertiary/aromatic N) is 2. The molecule has 1 heterocycles. The third-order valence-corrected chi connectivity index (χ3v) is 2.28. The van der Waals surface area contributed by atoms with Gasteiger partial charge in [0.2, 0.25) is 0 Å². The van der Waals surface area contributed by atoms with Crippen molar-refractivity contribution in [2.24, 2.45) is 0 Å². The average molecular weight is 258 g/mol. The summed E-state index contributed by atoms with van der Waals surface area (Å²) in [5.41, 5.74) is -0.599. The SMILES string of the molecule is N#Cc1c(F)cccc1Oc1cccnc1C(=O)O.